The summed E-state index contributed by atoms with van der Waals surface area (Å²) in [7, 11) is 0. The van der Waals surface area contributed by atoms with Crippen LogP contribution < -0.4 is 5.32 Å². The summed E-state index contributed by atoms with van der Waals surface area (Å²) in [5.74, 6) is -0.508. The van der Waals surface area contributed by atoms with Crippen LogP contribution in [0.15, 0.2) is 22.7 Å². The zero-order valence-electron chi connectivity index (χ0n) is 11.3. The monoisotopic (exact) mass is 327 g/mol. The summed E-state index contributed by atoms with van der Waals surface area (Å²) < 4.78 is 5.62. The summed E-state index contributed by atoms with van der Waals surface area (Å²) >= 11 is 3.39. The molecule has 4 nitrogen and oxygen atoms in total. The topological polar surface area (TPSA) is 55.4 Å². The first kappa shape index (κ1) is 15.7. The number of hydrogen-bond donors (Lipinski definition) is 1. The smallest absolute Gasteiger partial charge is 0.307 e. The number of hydrogen-bond acceptors (Lipinski definition) is 3. The lowest BCUT2D eigenvalue weighted by Gasteiger charge is -2.14. The second-order valence-corrected chi connectivity index (χ2v) is 5.11. The fourth-order valence-corrected chi connectivity index (χ4v) is 2.09. The Labute approximate surface area is 121 Å². The Balaban J connectivity index is 2.64. The fourth-order valence-electron chi connectivity index (χ4n) is 1.65. The Morgan fingerprint density at radius 1 is 1.42 bits per heavy atom. The van der Waals surface area contributed by atoms with Crippen molar-refractivity contribution in [1.82, 2.24) is 5.32 Å². The highest BCUT2D eigenvalue weighted by atomic mass is 79.9. The van der Waals surface area contributed by atoms with Crippen LogP contribution in [0.3, 0.4) is 0 Å². The molecule has 104 valence electrons. The zero-order valence-corrected chi connectivity index (χ0v) is 12.9. The number of esters is 1. The minimum Gasteiger partial charge on any atom is -0.466 e. The Morgan fingerprint density at radius 3 is 2.74 bits per heavy atom. The molecule has 0 saturated heterocycles. The van der Waals surface area contributed by atoms with Gasteiger partial charge in [-0.25, -0.2) is 0 Å². The average molecular weight is 328 g/mol. The van der Waals surface area contributed by atoms with Gasteiger partial charge in [-0.05, 0) is 48.3 Å². The molecular weight excluding hydrogens is 310 g/mol. The molecule has 1 N–H and O–H groups in total. The predicted molar refractivity (Wildman–Crippen MR) is 77.1 cm³/mol. The molecule has 0 aliphatic heterocycles. The molecule has 0 aliphatic rings. The SMILES string of the molecule is CCOC(=O)C[C@@H](C)NC(=O)c1cccc(C)c1Br. The average Bonchev–Trinajstić information content (AvgIpc) is 2.32. The van der Waals surface area contributed by atoms with Crippen molar-refractivity contribution in [1.29, 1.82) is 0 Å². The molecule has 0 heterocycles. The molecule has 5 heteroatoms. The molecule has 1 rings (SSSR count). The molecule has 0 unspecified atom stereocenters. The Kier molecular flexibility index (Phi) is 6.02. The second-order valence-electron chi connectivity index (χ2n) is 4.32. The summed E-state index contributed by atoms with van der Waals surface area (Å²) in [5.41, 5.74) is 1.56. The van der Waals surface area contributed by atoms with E-state index in [9.17, 15) is 9.59 Å². The van der Waals surface area contributed by atoms with Gasteiger partial charge in [0, 0.05) is 10.5 Å². The number of benzene rings is 1. The van der Waals surface area contributed by atoms with Gasteiger partial charge in [0.2, 0.25) is 0 Å². The van der Waals surface area contributed by atoms with E-state index in [4.69, 9.17) is 4.74 Å². The van der Waals surface area contributed by atoms with Gasteiger partial charge >= 0.3 is 5.97 Å². The summed E-state index contributed by atoms with van der Waals surface area (Å²) in [6.07, 6.45) is 0.170. The number of halogens is 1. The highest BCUT2D eigenvalue weighted by Crippen LogP contribution is 2.21. The lowest BCUT2D eigenvalue weighted by atomic mass is 10.1. The van der Waals surface area contributed by atoms with E-state index < -0.39 is 0 Å². The molecule has 1 amide bonds. The standard InChI is InChI=1S/C14H18BrNO3/c1-4-19-12(17)8-10(3)16-14(18)11-7-5-6-9(2)13(11)15/h5-7,10H,4,8H2,1-3H3,(H,16,18)/t10-/m1/s1. The van der Waals surface area contributed by atoms with Gasteiger partial charge in [0.15, 0.2) is 0 Å². The van der Waals surface area contributed by atoms with E-state index in [0.717, 1.165) is 10.0 Å². The highest BCUT2D eigenvalue weighted by Gasteiger charge is 2.16. The highest BCUT2D eigenvalue weighted by molar-refractivity contribution is 9.10. The number of carbonyl (C=O) groups is 2. The normalized spacial score (nSPS) is 11.8. The zero-order chi connectivity index (χ0) is 14.4. The van der Waals surface area contributed by atoms with Crippen molar-refractivity contribution < 1.29 is 14.3 Å². The minimum absolute atomic E-state index is 0.170. The van der Waals surface area contributed by atoms with Crippen LogP contribution >= 0.6 is 15.9 Å². The van der Waals surface area contributed by atoms with Crippen molar-refractivity contribution in [2.75, 3.05) is 6.61 Å². The van der Waals surface area contributed by atoms with Crippen molar-refractivity contribution >= 4 is 27.8 Å². The molecule has 0 spiro atoms. The molecule has 0 bridgehead atoms. The van der Waals surface area contributed by atoms with Crippen molar-refractivity contribution in [3.05, 3.63) is 33.8 Å². The number of nitrogens with one attached hydrogen (secondary N) is 1. The van der Waals surface area contributed by atoms with Crippen LogP contribution in [0.5, 0.6) is 0 Å². The molecular formula is C14H18BrNO3. The largest absolute Gasteiger partial charge is 0.466 e. The fraction of sp³-hybridized carbons (Fsp3) is 0.429. The van der Waals surface area contributed by atoms with Gasteiger partial charge in [0.25, 0.3) is 5.91 Å². The summed E-state index contributed by atoms with van der Waals surface area (Å²) in [5, 5.41) is 2.78. The molecule has 0 fully saturated rings. The maximum absolute atomic E-state index is 12.1. The molecule has 0 saturated carbocycles. The third-order valence-corrected chi connectivity index (χ3v) is 3.64. The van der Waals surface area contributed by atoms with E-state index in [1.165, 1.54) is 0 Å². The van der Waals surface area contributed by atoms with Gasteiger partial charge in [0.05, 0.1) is 18.6 Å². The van der Waals surface area contributed by atoms with Crippen LogP contribution in [-0.2, 0) is 9.53 Å². The van der Waals surface area contributed by atoms with E-state index in [2.05, 4.69) is 21.2 Å². The van der Waals surface area contributed by atoms with Gasteiger partial charge in [-0.2, -0.15) is 0 Å². The van der Waals surface area contributed by atoms with E-state index in [1.807, 2.05) is 19.1 Å². The van der Waals surface area contributed by atoms with Crippen molar-refractivity contribution in [2.24, 2.45) is 0 Å². The maximum atomic E-state index is 12.1. The van der Waals surface area contributed by atoms with E-state index in [0.29, 0.717) is 12.2 Å². The number of aryl methyl sites for hydroxylation is 1. The van der Waals surface area contributed by atoms with Crippen LogP contribution in [0, 0.1) is 6.92 Å². The lowest BCUT2D eigenvalue weighted by Crippen LogP contribution is -2.34. The summed E-state index contributed by atoms with van der Waals surface area (Å²) in [4.78, 5) is 23.4. The number of rotatable bonds is 5. The van der Waals surface area contributed by atoms with Crippen LogP contribution in [-0.4, -0.2) is 24.5 Å². The molecule has 19 heavy (non-hydrogen) atoms. The summed E-state index contributed by atoms with van der Waals surface area (Å²) in [6.45, 7) is 5.80. The van der Waals surface area contributed by atoms with Crippen LogP contribution in [0.1, 0.15) is 36.2 Å². The number of ether oxygens (including phenoxy) is 1. The quantitative estimate of drug-likeness (QED) is 0.846. The van der Waals surface area contributed by atoms with Crippen LogP contribution in [0.25, 0.3) is 0 Å². The third kappa shape index (κ3) is 4.67. The van der Waals surface area contributed by atoms with Crippen molar-refractivity contribution in [2.45, 2.75) is 33.2 Å². The van der Waals surface area contributed by atoms with Gasteiger partial charge in [-0.1, -0.05) is 12.1 Å². The Morgan fingerprint density at radius 2 is 2.11 bits per heavy atom. The molecule has 1 atom stereocenters. The predicted octanol–water partition coefficient (Wildman–Crippen LogP) is 2.83. The number of amides is 1. The molecule has 1 aromatic rings. The minimum atomic E-state index is -0.307. The van der Waals surface area contributed by atoms with E-state index in [1.54, 1.807) is 19.9 Å². The first-order valence-corrected chi connectivity index (χ1v) is 6.96. The van der Waals surface area contributed by atoms with Crippen molar-refractivity contribution in [3.63, 3.8) is 0 Å². The third-order valence-electron chi connectivity index (χ3n) is 2.59. The van der Waals surface area contributed by atoms with E-state index >= 15 is 0 Å². The van der Waals surface area contributed by atoms with Gasteiger partial charge in [-0.15, -0.1) is 0 Å². The lowest BCUT2D eigenvalue weighted by molar-refractivity contribution is -0.143. The Bertz CT molecular complexity index is 474. The first-order chi connectivity index (χ1) is 8.95. The van der Waals surface area contributed by atoms with E-state index in [-0.39, 0.29) is 24.3 Å². The molecule has 0 aliphatic carbocycles. The molecule has 1 aromatic carbocycles. The van der Waals surface area contributed by atoms with Crippen LogP contribution in [0.2, 0.25) is 0 Å². The van der Waals surface area contributed by atoms with Gasteiger partial charge in [-0.3, -0.25) is 9.59 Å². The van der Waals surface area contributed by atoms with Crippen molar-refractivity contribution in [3.8, 4) is 0 Å². The van der Waals surface area contributed by atoms with Crippen LogP contribution in [0.4, 0.5) is 0 Å². The van der Waals surface area contributed by atoms with Gasteiger partial charge in [0.1, 0.15) is 0 Å². The first-order valence-electron chi connectivity index (χ1n) is 6.17. The Hall–Kier alpha value is -1.36. The second kappa shape index (κ2) is 7.28. The maximum Gasteiger partial charge on any atom is 0.307 e. The number of carbonyl (C=O) groups excluding carboxylic acids is 2. The van der Waals surface area contributed by atoms with Gasteiger partial charge < -0.3 is 10.1 Å². The summed E-state index contributed by atoms with van der Waals surface area (Å²) in [6, 6.07) is 5.22. The molecule has 0 aromatic heterocycles. The molecule has 0 radical (unpaired) electrons.